The summed E-state index contributed by atoms with van der Waals surface area (Å²) in [6.07, 6.45) is 0. The molecule has 2 aromatic carbocycles. The number of hydrogen-bond acceptors (Lipinski definition) is 3. The van der Waals surface area contributed by atoms with Crippen LogP contribution in [-0.4, -0.2) is 11.7 Å². The van der Waals surface area contributed by atoms with Gasteiger partial charge >= 0.3 is 0 Å². The van der Waals surface area contributed by atoms with E-state index in [-0.39, 0.29) is 11.7 Å². The minimum Gasteiger partial charge on any atom is -0.399 e. The minimum atomic E-state index is -0.114. The van der Waals surface area contributed by atoms with Crippen molar-refractivity contribution >= 4 is 68.2 Å². The number of benzene rings is 2. The van der Waals surface area contributed by atoms with Gasteiger partial charge in [-0.2, -0.15) is 0 Å². The molecule has 0 saturated heterocycles. The summed E-state index contributed by atoms with van der Waals surface area (Å²) in [5, 5.41) is 3.78. The topological polar surface area (TPSA) is 55.1 Å². The SMILES string of the molecule is Nc1ccc(NC(=O)CSc2ccc(Cl)c(Cl)c2)c(Br)c1. The van der Waals surface area contributed by atoms with E-state index in [1.165, 1.54) is 11.8 Å². The summed E-state index contributed by atoms with van der Waals surface area (Å²) < 4.78 is 0.746. The molecule has 0 radical (unpaired) electrons. The summed E-state index contributed by atoms with van der Waals surface area (Å²) in [5.41, 5.74) is 6.96. The van der Waals surface area contributed by atoms with E-state index in [9.17, 15) is 4.79 Å². The molecule has 0 unspecified atom stereocenters. The van der Waals surface area contributed by atoms with E-state index in [4.69, 9.17) is 28.9 Å². The Balaban J connectivity index is 1.94. The van der Waals surface area contributed by atoms with Crippen LogP contribution in [0.4, 0.5) is 11.4 Å². The standard InChI is InChI=1S/C14H11BrCl2N2OS/c15-10-5-8(18)1-4-13(10)19-14(20)7-21-9-2-3-11(16)12(17)6-9/h1-6H,7,18H2,(H,19,20). The number of anilines is 2. The lowest BCUT2D eigenvalue weighted by Crippen LogP contribution is -2.14. The first-order chi connectivity index (χ1) is 9.95. The average molecular weight is 406 g/mol. The van der Waals surface area contributed by atoms with E-state index in [0.29, 0.717) is 21.4 Å². The van der Waals surface area contributed by atoms with Crippen molar-refractivity contribution < 1.29 is 4.79 Å². The maximum absolute atomic E-state index is 11.9. The van der Waals surface area contributed by atoms with Crippen LogP contribution < -0.4 is 11.1 Å². The summed E-state index contributed by atoms with van der Waals surface area (Å²) in [6.45, 7) is 0. The molecule has 0 heterocycles. The first-order valence-electron chi connectivity index (χ1n) is 5.88. The molecule has 3 nitrogen and oxygen atoms in total. The van der Waals surface area contributed by atoms with Crippen LogP contribution in [0.3, 0.4) is 0 Å². The Bertz CT molecular complexity index is 682. The van der Waals surface area contributed by atoms with Crippen LogP contribution in [0.15, 0.2) is 45.8 Å². The number of rotatable bonds is 4. The first kappa shape index (κ1) is 16.5. The molecule has 0 bridgehead atoms. The van der Waals surface area contributed by atoms with Crippen molar-refractivity contribution in [3.8, 4) is 0 Å². The highest BCUT2D eigenvalue weighted by molar-refractivity contribution is 9.10. The molecule has 0 atom stereocenters. The molecule has 0 spiro atoms. The number of carbonyl (C=O) groups is 1. The minimum absolute atomic E-state index is 0.114. The van der Waals surface area contributed by atoms with Crippen LogP contribution >= 0.6 is 50.9 Å². The summed E-state index contributed by atoms with van der Waals surface area (Å²) in [7, 11) is 0. The smallest absolute Gasteiger partial charge is 0.234 e. The fraction of sp³-hybridized carbons (Fsp3) is 0.0714. The van der Waals surface area contributed by atoms with Gasteiger partial charge in [-0.25, -0.2) is 0 Å². The third kappa shape index (κ3) is 4.81. The van der Waals surface area contributed by atoms with Gasteiger partial charge in [0.2, 0.25) is 5.91 Å². The fourth-order valence-electron chi connectivity index (χ4n) is 1.53. The molecular formula is C14H11BrCl2N2OS. The Kier molecular flexibility index (Phi) is 5.81. The van der Waals surface area contributed by atoms with Crippen LogP contribution in [0, 0.1) is 0 Å². The predicted octanol–water partition coefficient (Wildman–Crippen LogP) is 5.07. The molecule has 2 aromatic rings. The maximum atomic E-state index is 11.9. The van der Waals surface area contributed by atoms with E-state index < -0.39 is 0 Å². The van der Waals surface area contributed by atoms with E-state index in [1.807, 2.05) is 6.07 Å². The van der Waals surface area contributed by atoms with Crippen molar-refractivity contribution in [1.29, 1.82) is 0 Å². The third-order valence-electron chi connectivity index (χ3n) is 2.53. The second-order valence-electron chi connectivity index (χ2n) is 4.15. The zero-order valence-corrected chi connectivity index (χ0v) is 14.6. The van der Waals surface area contributed by atoms with Crippen LogP contribution in [0.1, 0.15) is 0 Å². The molecule has 3 N–H and O–H groups in total. The number of halogens is 3. The lowest BCUT2D eigenvalue weighted by Gasteiger charge is -2.08. The van der Waals surface area contributed by atoms with Gasteiger partial charge in [-0.15, -0.1) is 11.8 Å². The van der Waals surface area contributed by atoms with Gasteiger partial charge in [-0.05, 0) is 52.3 Å². The van der Waals surface area contributed by atoms with Crippen molar-refractivity contribution in [3.05, 3.63) is 50.9 Å². The van der Waals surface area contributed by atoms with Gasteiger partial charge < -0.3 is 11.1 Å². The van der Waals surface area contributed by atoms with Crippen molar-refractivity contribution in [1.82, 2.24) is 0 Å². The van der Waals surface area contributed by atoms with E-state index in [0.717, 1.165) is 9.37 Å². The van der Waals surface area contributed by atoms with Gasteiger partial charge in [0.1, 0.15) is 0 Å². The molecule has 0 aliphatic rings. The average Bonchev–Trinajstić information content (AvgIpc) is 2.43. The molecule has 7 heteroatoms. The molecule has 0 fully saturated rings. The quantitative estimate of drug-likeness (QED) is 0.551. The zero-order chi connectivity index (χ0) is 15.4. The number of nitrogens with two attached hydrogens (primary N) is 1. The Morgan fingerprint density at radius 2 is 1.95 bits per heavy atom. The monoisotopic (exact) mass is 404 g/mol. The van der Waals surface area contributed by atoms with Crippen LogP contribution in [-0.2, 0) is 4.79 Å². The summed E-state index contributed by atoms with van der Waals surface area (Å²) in [6, 6.07) is 10.5. The van der Waals surface area contributed by atoms with Gasteiger partial charge in [-0.1, -0.05) is 23.2 Å². The number of carbonyl (C=O) groups excluding carboxylic acids is 1. The van der Waals surface area contributed by atoms with Gasteiger partial charge in [0.15, 0.2) is 0 Å². The molecular weight excluding hydrogens is 395 g/mol. The Morgan fingerprint density at radius 3 is 2.62 bits per heavy atom. The van der Waals surface area contributed by atoms with Gasteiger partial charge in [0, 0.05) is 15.1 Å². The first-order valence-corrected chi connectivity index (χ1v) is 8.42. The number of nitrogen functional groups attached to an aromatic ring is 1. The van der Waals surface area contributed by atoms with E-state index in [1.54, 1.807) is 30.3 Å². The van der Waals surface area contributed by atoms with Crippen molar-refractivity contribution in [2.45, 2.75) is 4.90 Å². The largest absolute Gasteiger partial charge is 0.399 e. The van der Waals surface area contributed by atoms with Crippen LogP contribution in [0.25, 0.3) is 0 Å². The molecule has 0 aromatic heterocycles. The number of nitrogens with one attached hydrogen (secondary N) is 1. The van der Waals surface area contributed by atoms with Gasteiger partial charge in [0.05, 0.1) is 21.5 Å². The molecule has 21 heavy (non-hydrogen) atoms. The van der Waals surface area contributed by atoms with E-state index in [2.05, 4.69) is 21.2 Å². The molecule has 2 rings (SSSR count). The summed E-state index contributed by atoms with van der Waals surface area (Å²) in [5.74, 6) is 0.158. The molecule has 1 amide bonds. The highest BCUT2D eigenvalue weighted by atomic mass is 79.9. The number of thioether (sulfide) groups is 1. The zero-order valence-electron chi connectivity index (χ0n) is 10.7. The Labute approximate surface area is 145 Å². The molecule has 0 saturated carbocycles. The van der Waals surface area contributed by atoms with Crippen molar-refractivity contribution in [2.75, 3.05) is 16.8 Å². The summed E-state index contributed by atoms with van der Waals surface area (Å²) in [4.78, 5) is 12.8. The second-order valence-corrected chi connectivity index (χ2v) is 6.87. The predicted molar refractivity (Wildman–Crippen MR) is 94.4 cm³/mol. The Hall–Kier alpha value is -0.880. The number of hydrogen-bond donors (Lipinski definition) is 2. The second kappa shape index (κ2) is 7.40. The van der Waals surface area contributed by atoms with Crippen LogP contribution in [0.2, 0.25) is 10.0 Å². The van der Waals surface area contributed by atoms with Crippen LogP contribution in [0.5, 0.6) is 0 Å². The number of amides is 1. The van der Waals surface area contributed by atoms with Crippen molar-refractivity contribution in [3.63, 3.8) is 0 Å². The lowest BCUT2D eigenvalue weighted by molar-refractivity contribution is -0.113. The fourth-order valence-corrected chi connectivity index (χ4v) is 3.13. The third-order valence-corrected chi connectivity index (χ3v) is 4.92. The van der Waals surface area contributed by atoms with E-state index >= 15 is 0 Å². The highest BCUT2D eigenvalue weighted by Crippen LogP contribution is 2.28. The molecule has 110 valence electrons. The maximum Gasteiger partial charge on any atom is 0.234 e. The lowest BCUT2D eigenvalue weighted by atomic mass is 10.3. The molecule has 0 aliphatic heterocycles. The highest BCUT2D eigenvalue weighted by Gasteiger charge is 2.07. The van der Waals surface area contributed by atoms with Crippen molar-refractivity contribution in [2.24, 2.45) is 0 Å². The normalized spacial score (nSPS) is 10.4. The van der Waals surface area contributed by atoms with Gasteiger partial charge in [0.25, 0.3) is 0 Å². The van der Waals surface area contributed by atoms with Gasteiger partial charge in [-0.3, -0.25) is 4.79 Å². The molecule has 0 aliphatic carbocycles. The Morgan fingerprint density at radius 1 is 1.19 bits per heavy atom. The summed E-state index contributed by atoms with van der Waals surface area (Å²) >= 11 is 16.5.